The minimum Gasteiger partial charge on any atom is -0.378 e. The number of nitrogens with zero attached hydrogens (tertiary/aromatic N) is 3. The van der Waals surface area contributed by atoms with Gasteiger partial charge in [0.05, 0.1) is 51.6 Å². The van der Waals surface area contributed by atoms with E-state index in [1.807, 2.05) is 40.6 Å². The monoisotopic (exact) mass is 746 g/mol. The second kappa shape index (κ2) is 23.7. The van der Waals surface area contributed by atoms with E-state index < -0.39 is 5.41 Å². The van der Waals surface area contributed by atoms with Gasteiger partial charge in [0.2, 0.25) is 12.3 Å². The molecule has 3 aromatic rings. The van der Waals surface area contributed by atoms with Gasteiger partial charge in [0, 0.05) is 54.9 Å². The number of carbonyl (C=O) groups is 2. The number of ether oxygens (including phenoxy) is 3. The molecule has 12 heteroatoms. The van der Waals surface area contributed by atoms with Crippen LogP contribution in [0.2, 0.25) is 0 Å². The van der Waals surface area contributed by atoms with E-state index in [1.165, 1.54) is 11.3 Å². The van der Waals surface area contributed by atoms with Gasteiger partial charge >= 0.3 is 0 Å². The average Bonchev–Trinajstić information content (AvgIpc) is 3.68. The first-order valence-electron chi connectivity index (χ1n) is 19.1. The number of carbonyl (C=O) groups excluding carboxylic acids is 2. The van der Waals surface area contributed by atoms with Crippen LogP contribution in [0.25, 0.3) is 0 Å². The predicted molar refractivity (Wildman–Crippen MR) is 211 cm³/mol. The number of nitrogens with one attached hydrogen (secondary N) is 3. The molecule has 3 N–H and O–H groups in total. The molecule has 11 nitrogen and oxygen atoms in total. The maximum Gasteiger partial charge on any atom is 0.226 e. The van der Waals surface area contributed by atoms with Crippen LogP contribution in [-0.2, 0) is 36.8 Å². The number of thiazole rings is 1. The molecule has 53 heavy (non-hydrogen) atoms. The van der Waals surface area contributed by atoms with E-state index >= 15 is 0 Å². The Bertz CT molecular complexity index is 1570. The zero-order chi connectivity index (χ0) is 37.6. The highest BCUT2D eigenvalue weighted by molar-refractivity contribution is 7.13. The molecule has 1 atom stereocenters. The summed E-state index contributed by atoms with van der Waals surface area (Å²) in [4.78, 5) is 36.1. The molecule has 1 aliphatic rings. The predicted octanol–water partition coefficient (Wildman–Crippen LogP) is 6.04. The van der Waals surface area contributed by atoms with Gasteiger partial charge < -0.3 is 35.1 Å². The third-order valence-corrected chi connectivity index (χ3v) is 10.3. The van der Waals surface area contributed by atoms with Crippen LogP contribution in [-0.4, -0.2) is 92.5 Å². The van der Waals surface area contributed by atoms with Crippen LogP contribution in [0, 0.1) is 24.2 Å². The maximum atomic E-state index is 13.5. The molecule has 1 aliphatic carbocycles. The van der Waals surface area contributed by atoms with Crippen molar-refractivity contribution < 1.29 is 23.8 Å². The Labute approximate surface area is 320 Å². The molecule has 0 saturated heterocycles. The van der Waals surface area contributed by atoms with Crippen molar-refractivity contribution in [2.24, 2.45) is 5.41 Å². The van der Waals surface area contributed by atoms with Gasteiger partial charge in [0.15, 0.2) is 5.13 Å². The fraction of sp³-hybridized carbons (Fsp3) is 0.561. The lowest BCUT2D eigenvalue weighted by molar-refractivity contribution is -0.133. The molecule has 0 spiro atoms. The zero-order valence-electron chi connectivity index (χ0n) is 31.8. The average molecular weight is 747 g/mol. The molecule has 1 saturated carbocycles. The van der Waals surface area contributed by atoms with Crippen molar-refractivity contribution in [2.45, 2.75) is 84.7 Å². The molecule has 0 radical (unpaired) electrons. The van der Waals surface area contributed by atoms with Crippen LogP contribution in [0.15, 0.2) is 48.0 Å². The van der Waals surface area contributed by atoms with Gasteiger partial charge in [0.25, 0.3) is 0 Å². The van der Waals surface area contributed by atoms with Gasteiger partial charge in [-0.2, -0.15) is 0 Å². The molecule has 2 amide bonds. The first kappa shape index (κ1) is 41.9. The number of amides is 2. The fourth-order valence-electron chi connectivity index (χ4n) is 6.59. The van der Waals surface area contributed by atoms with Gasteiger partial charge in [-0.15, -0.1) is 11.3 Å². The Hall–Kier alpha value is -3.86. The number of aromatic nitrogens is 2. The Kier molecular flexibility index (Phi) is 18.8. The molecule has 0 aliphatic heterocycles. The van der Waals surface area contributed by atoms with Crippen LogP contribution < -0.4 is 16.0 Å². The summed E-state index contributed by atoms with van der Waals surface area (Å²) in [7, 11) is 0. The number of hydrogen-bond donors (Lipinski definition) is 3. The summed E-state index contributed by atoms with van der Waals surface area (Å²) in [6, 6.07) is 12.2. The summed E-state index contributed by atoms with van der Waals surface area (Å²) >= 11 is 1.53. The van der Waals surface area contributed by atoms with Crippen molar-refractivity contribution in [1.29, 1.82) is 0 Å². The topological polar surface area (TPSA) is 127 Å². The van der Waals surface area contributed by atoms with Crippen molar-refractivity contribution in [1.82, 2.24) is 25.5 Å². The largest absolute Gasteiger partial charge is 0.378 e. The Morgan fingerprint density at radius 1 is 1.02 bits per heavy atom. The standard InChI is InChI=1S/C41H58N6O5S/c1-4-11-34(3)47(32-48)31-37-33(2)12-8-13-35(37)14-10-19-42-20-23-50-25-27-52-28-26-51-24-21-43-39(49)41(17-6-5-7-18-41)30-36-15-9-16-38(45-36)46-40-44-22-29-53-40/h8-9,12-13,15-16,22,29,32,34,42H,4-7,11,17-21,23-28,30-31H2,1-3H3,(H,43,49)(H,44,45,46). The van der Waals surface area contributed by atoms with Crippen LogP contribution in [0.4, 0.5) is 10.9 Å². The highest BCUT2D eigenvalue weighted by atomic mass is 32.1. The zero-order valence-corrected chi connectivity index (χ0v) is 32.6. The summed E-state index contributed by atoms with van der Waals surface area (Å²) in [5.41, 5.74) is 3.67. The van der Waals surface area contributed by atoms with E-state index in [2.05, 4.69) is 59.6 Å². The van der Waals surface area contributed by atoms with Crippen molar-refractivity contribution in [3.63, 3.8) is 0 Å². The van der Waals surface area contributed by atoms with E-state index in [0.29, 0.717) is 72.2 Å². The lowest BCUT2D eigenvalue weighted by Gasteiger charge is -2.35. The van der Waals surface area contributed by atoms with Crippen molar-refractivity contribution in [3.8, 4) is 11.8 Å². The Balaban J connectivity index is 1.03. The van der Waals surface area contributed by atoms with E-state index in [-0.39, 0.29) is 11.9 Å². The first-order valence-corrected chi connectivity index (χ1v) is 19.9. The number of benzene rings is 1. The Morgan fingerprint density at radius 3 is 2.47 bits per heavy atom. The molecule has 288 valence electrons. The molecule has 1 fully saturated rings. The number of hydrogen-bond acceptors (Lipinski definition) is 10. The molecule has 0 bridgehead atoms. The van der Waals surface area contributed by atoms with Crippen LogP contribution in [0.1, 0.15) is 81.2 Å². The van der Waals surface area contributed by atoms with Gasteiger partial charge in [0.1, 0.15) is 5.82 Å². The van der Waals surface area contributed by atoms with Crippen molar-refractivity contribution in [3.05, 3.63) is 70.4 Å². The molecular formula is C41H58N6O5S. The summed E-state index contributed by atoms with van der Waals surface area (Å²) in [6.45, 7) is 11.5. The van der Waals surface area contributed by atoms with Gasteiger partial charge in [-0.3, -0.25) is 9.59 Å². The molecule has 4 rings (SSSR count). The molecule has 1 aromatic carbocycles. The summed E-state index contributed by atoms with van der Waals surface area (Å²) in [5, 5.41) is 12.4. The minimum absolute atomic E-state index is 0.0891. The number of pyridine rings is 1. The van der Waals surface area contributed by atoms with Gasteiger partial charge in [-0.25, -0.2) is 9.97 Å². The third kappa shape index (κ3) is 14.5. The van der Waals surface area contributed by atoms with Crippen molar-refractivity contribution >= 4 is 34.6 Å². The Morgan fingerprint density at radius 2 is 1.75 bits per heavy atom. The number of rotatable bonds is 24. The van der Waals surface area contributed by atoms with E-state index in [0.717, 1.165) is 84.7 Å². The summed E-state index contributed by atoms with van der Waals surface area (Å²) in [5.74, 6) is 7.32. The molecule has 2 heterocycles. The van der Waals surface area contributed by atoms with Crippen LogP contribution >= 0.6 is 11.3 Å². The molecule has 2 aromatic heterocycles. The van der Waals surface area contributed by atoms with Gasteiger partial charge in [-0.1, -0.05) is 62.6 Å². The maximum absolute atomic E-state index is 13.5. The van der Waals surface area contributed by atoms with E-state index in [9.17, 15) is 9.59 Å². The lowest BCUT2D eigenvalue weighted by atomic mass is 9.70. The second-order valence-corrected chi connectivity index (χ2v) is 14.5. The van der Waals surface area contributed by atoms with Crippen molar-refractivity contribution in [2.75, 3.05) is 64.6 Å². The quantitative estimate of drug-likeness (QED) is 0.0572. The highest BCUT2D eigenvalue weighted by Gasteiger charge is 2.39. The number of anilines is 2. The molecule has 1 unspecified atom stereocenters. The second-order valence-electron chi connectivity index (χ2n) is 13.6. The smallest absolute Gasteiger partial charge is 0.226 e. The SMILES string of the molecule is CCCC(C)N(C=O)Cc1c(C)cccc1C#CCNCCOCCOCCOCCNC(=O)C1(Cc2cccc(Nc3nccs3)n2)CCCCC1. The number of aryl methyl sites for hydroxylation is 1. The third-order valence-electron chi connectivity index (χ3n) is 9.58. The highest BCUT2D eigenvalue weighted by Crippen LogP contribution is 2.39. The minimum atomic E-state index is -0.448. The molecular weight excluding hydrogens is 689 g/mol. The van der Waals surface area contributed by atoms with E-state index in [1.54, 1.807) is 6.20 Å². The summed E-state index contributed by atoms with van der Waals surface area (Å²) < 4.78 is 17.0. The van der Waals surface area contributed by atoms with Gasteiger partial charge in [-0.05, 0) is 62.4 Å². The lowest BCUT2D eigenvalue weighted by Crippen LogP contribution is -2.45. The van der Waals surface area contributed by atoms with Crippen LogP contribution in [0.5, 0.6) is 0 Å². The first-order chi connectivity index (χ1) is 25.9. The fourth-order valence-corrected chi connectivity index (χ4v) is 7.13. The summed E-state index contributed by atoms with van der Waals surface area (Å²) in [6.07, 6.45) is 10.3. The van der Waals surface area contributed by atoms with E-state index in [4.69, 9.17) is 19.2 Å². The van der Waals surface area contributed by atoms with Crippen LogP contribution in [0.3, 0.4) is 0 Å². The normalized spacial score (nSPS) is 14.2.